The molecule has 0 aromatic carbocycles. The minimum atomic E-state index is 0.370. The molecule has 0 radical (unpaired) electrons. The van der Waals surface area contributed by atoms with Crippen LogP contribution in [-0.2, 0) is 0 Å². The van der Waals surface area contributed by atoms with Crippen LogP contribution in [0.25, 0.3) is 0 Å². The summed E-state index contributed by atoms with van der Waals surface area (Å²) in [4.78, 5) is 2.28. The molecule has 0 aromatic rings. The SMILES string of the molecule is CN(C)CCCCCCCCCCCCCCCCO. The van der Waals surface area contributed by atoms with Crippen molar-refractivity contribution in [2.45, 2.75) is 89.9 Å². The molecule has 0 amide bonds. The van der Waals surface area contributed by atoms with E-state index >= 15 is 0 Å². The number of aliphatic hydroxyl groups excluding tert-OH is 1. The van der Waals surface area contributed by atoms with Crippen LogP contribution >= 0.6 is 0 Å². The molecule has 122 valence electrons. The molecular weight excluding hydrogens is 246 g/mol. The Labute approximate surface area is 127 Å². The molecule has 1 N–H and O–H groups in total. The molecule has 0 atom stereocenters. The lowest BCUT2D eigenvalue weighted by molar-refractivity contribution is 0.282. The quantitative estimate of drug-likeness (QED) is 0.403. The molecule has 0 aliphatic rings. The summed E-state index contributed by atoms with van der Waals surface area (Å²) in [7, 11) is 4.32. The average molecular weight is 286 g/mol. The van der Waals surface area contributed by atoms with Gasteiger partial charge >= 0.3 is 0 Å². The van der Waals surface area contributed by atoms with Gasteiger partial charge in [0.1, 0.15) is 0 Å². The predicted octanol–water partition coefficient (Wildman–Crippen LogP) is 5.00. The largest absolute Gasteiger partial charge is 0.396 e. The number of hydrogen-bond donors (Lipinski definition) is 1. The van der Waals surface area contributed by atoms with Gasteiger partial charge in [0, 0.05) is 6.61 Å². The lowest BCUT2D eigenvalue weighted by atomic mass is 10.0. The fraction of sp³-hybridized carbons (Fsp3) is 1.00. The lowest BCUT2D eigenvalue weighted by Crippen LogP contribution is -2.12. The standard InChI is InChI=1S/C18H39NO/c1-19(2)17-15-13-11-9-7-5-3-4-6-8-10-12-14-16-18-20/h20H,3-18H2,1-2H3. The second kappa shape index (κ2) is 17.0. The normalized spacial score (nSPS) is 11.4. The van der Waals surface area contributed by atoms with Gasteiger partial charge in [-0.1, -0.05) is 77.0 Å². The van der Waals surface area contributed by atoms with Gasteiger partial charge in [-0.25, -0.2) is 0 Å². The Morgan fingerprint density at radius 1 is 0.500 bits per heavy atom. The highest BCUT2D eigenvalue weighted by Crippen LogP contribution is 2.12. The van der Waals surface area contributed by atoms with E-state index in [-0.39, 0.29) is 0 Å². The summed E-state index contributed by atoms with van der Waals surface area (Å²) in [6.07, 6.45) is 19.1. The Balaban J connectivity index is 2.92. The first kappa shape index (κ1) is 19.9. The van der Waals surface area contributed by atoms with E-state index in [0.29, 0.717) is 6.61 Å². The molecule has 0 rings (SSSR count). The average Bonchev–Trinajstić information content (AvgIpc) is 2.43. The van der Waals surface area contributed by atoms with Crippen LogP contribution in [0.1, 0.15) is 89.9 Å². The van der Waals surface area contributed by atoms with Gasteiger partial charge < -0.3 is 10.0 Å². The molecule has 0 aromatic heterocycles. The van der Waals surface area contributed by atoms with E-state index in [4.69, 9.17) is 5.11 Å². The van der Waals surface area contributed by atoms with E-state index in [1.165, 1.54) is 90.0 Å². The van der Waals surface area contributed by atoms with Gasteiger partial charge in [-0.15, -0.1) is 0 Å². The molecule has 2 nitrogen and oxygen atoms in total. The zero-order valence-electron chi connectivity index (χ0n) is 14.2. The Kier molecular flexibility index (Phi) is 16.9. The van der Waals surface area contributed by atoms with Crippen LogP contribution in [0.3, 0.4) is 0 Å². The van der Waals surface area contributed by atoms with Crippen LogP contribution < -0.4 is 0 Å². The van der Waals surface area contributed by atoms with E-state index in [2.05, 4.69) is 19.0 Å². The maximum Gasteiger partial charge on any atom is 0.0431 e. The molecular formula is C18H39NO. The molecule has 0 aliphatic carbocycles. The number of hydrogen-bond acceptors (Lipinski definition) is 2. The van der Waals surface area contributed by atoms with Crippen molar-refractivity contribution in [3.05, 3.63) is 0 Å². The highest BCUT2D eigenvalue weighted by Gasteiger charge is 1.94. The van der Waals surface area contributed by atoms with Crippen LogP contribution in [0.2, 0.25) is 0 Å². The maximum absolute atomic E-state index is 8.68. The third-order valence-electron chi connectivity index (χ3n) is 4.01. The Hall–Kier alpha value is -0.0800. The number of rotatable bonds is 16. The zero-order chi connectivity index (χ0) is 14.9. The summed E-state index contributed by atoms with van der Waals surface area (Å²) < 4.78 is 0. The summed E-state index contributed by atoms with van der Waals surface area (Å²) >= 11 is 0. The third-order valence-corrected chi connectivity index (χ3v) is 4.01. The van der Waals surface area contributed by atoms with Gasteiger partial charge in [0.25, 0.3) is 0 Å². The molecule has 0 saturated heterocycles. The summed E-state index contributed by atoms with van der Waals surface area (Å²) in [5.74, 6) is 0. The predicted molar refractivity (Wildman–Crippen MR) is 90.3 cm³/mol. The Morgan fingerprint density at radius 3 is 1.10 bits per heavy atom. The summed E-state index contributed by atoms with van der Waals surface area (Å²) in [6, 6.07) is 0. The van der Waals surface area contributed by atoms with E-state index in [0.717, 1.165) is 6.42 Å². The van der Waals surface area contributed by atoms with E-state index in [9.17, 15) is 0 Å². The minimum Gasteiger partial charge on any atom is -0.396 e. The van der Waals surface area contributed by atoms with E-state index in [1.807, 2.05) is 0 Å². The van der Waals surface area contributed by atoms with Crippen molar-refractivity contribution >= 4 is 0 Å². The molecule has 0 spiro atoms. The van der Waals surface area contributed by atoms with E-state index < -0.39 is 0 Å². The van der Waals surface area contributed by atoms with Crippen LogP contribution in [0.5, 0.6) is 0 Å². The molecule has 0 bridgehead atoms. The first-order chi connectivity index (χ1) is 9.77. The van der Waals surface area contributed by atoms with Gasteiger partial charge in [0.2, 0.25) is 0 Å². The van der Waals surface area contributed by atoms with Crippen molar-refractivity contribution in [3.63, 3.8) is 0 Å². The second-order valence-electron chi connectivity index (χ2n) is 6.48. The molecule has 0 fully saturated rings. The number of unbranched alkanes of at least 4 members (excludes halogenated alkanes) is 13. The smallest absolute Gasteiger partial charge is 0.0431 e. The molecule has 0 saturated carbocycles. The molecule has 2 heteroatoms. The zero-order valence-corrected chi connectivity index (χ0v) is 14.2. The first-order valence-electron chi connectivity index (χ1n) is 9.03. The molecule has 0 heterocycles. The highest BCUT2D eigenvalue weighted by atomic mass is 16.2. The highest BCUT2D eigenvalue weighted by molar-refractivity contribution is 4.50. The summed E-state index contributed by atoms with van der Waals surface area (Å²) in [5, 5.41) is 8.68. The molecule has 20 heavy (non-hydrogen) atoms. The second-order valence-corrected chi connectivity index (χ2v) is 6.48. The van der Waals surface area contributed by atoms with Gasteiger partial charge in [0.15, 0.2) is 0 Å². The van der Waals surface area contributed by atoms with Crippen molar-refractivity contribution < 1.29 is 5.11 Å². The number of nitrogens with zero attached hydrogens (tertiary/aromatic N) is 1. The maximum atomic E-state index is 8.68. The monoisotopic (exact) mass is 285 g/mol. The van der Waals surface area contributed by atoms with Crippen molar-refractivity contribution in [2.75, 3.05) is 27.2 Å². The lowest BCUT2D eigenvalue weighted by Gasteiger charge is -2.08. The number of aliphatic hydroxyl groups is 1. The van der Waals surface area contributed by atoms with Crippen molar-refractivity contribution in [2.24, 2.45) is 0 Å². The van der Waals surface area contributed by atoms with E-state index in [1.54, 1.807) is 0 Å². The van der Waals surface area contributed by atoms with Crippen LogP contribution in [-0.4, -0.2) is 37.3 Å². The molecule has 0 aliphatic heterocycles. The Morgan fingerprint density at radius 2 is 0.800 bits per heavy atom. The van der Waals surface area contributed by atoms with Crippen LogP contribution in [0, 0.1) is 0 Å². The fourth-order valence-electron chi connectivity index (χ4n) is 2.66. The van der Waals surface area contributed by atoms with Gasteiger partial charge in [-0.3, -0.25) is 0 Å². The minimum absolute atomic E-state index is 0.370. The van der Waals surface area contributed by atoms with Crippen molar-refractivity contribution in [1.82, 2.24) is 4.90 Å². The summed E-state index contributed by atoms with van der Waals surface area (Å²) in [5.41, 5.74) is 0. The van der Waals surface area contributed by atoms with Crippen molar-refractivity contribution in [3.8, 4) is 0 Å². The van der Waals surface area contributed by atoms with Crippen LogP contribution in [0.15, 0.2) is 0 Å². The molecule has 0 unspecified atom stereocenters. The Bertz CT molecular complexity index is 171. The first-order valence-corrected chi connectivity index (χ1v) is 9.03. The van der Waals surface area contributed by atoms with Crippen molar-refractivity contribution in [1.29, 1.82) is 0 Å². The van der Waals surface area contributed by atoms with Crippen LogP contribution in [0.4, 0.5) is 0 Å². The van der Waals surface area contributed by atoms with Gasteiger partial charge in [0.05, 0.1) is 0 Å². The topological polar surface area (TPSA) is 23.5 Å². The summed E-state index contributed by atoms with van der Waals surface area (Å²) in [6.45, 7) is 1.62. The fourth-order valence-corrected chi connectivity index (χ4v) is 2.66. The third kappa shape index (κ3) is 17.9. The van der Waals surface area contributed by atoms with Gasteiger partial charge in [-0.05, 0) is 33.5 Å². The van der Waals surface area contributed by atoms with Gasteiger partial charge in [-0.2, -0.15) is 0 Å².